The average Bonchev–Trinajstić information content (AvgIpc) is 3.29. The van der Waals surface area contributed by atoms with Crippen LogP contribution >= 0.6 is 23.2 Å². The van der Waals surface area contributed by atoms with Gasteiger partial charge >= 0.3 is 0 Å². The average molecular weight is 480 g/mol. The fourth-order valence-electron chi connectivity index (χ4n) is 3.87. The summed E-state index contributed by atoms with van der Waals surface area (Å²) in [5.41, 5.74) is 3.08. The maximum Gasteiger partial charge on any atom is 0.231 e. The maximum atomic E-state index is 12.9. The van der Waals surface area contributed by atoms with Gasteiger partial charge in [0, 0.05) is 51.4 Å². The number of rotatable bonds is 5. The van der Waals surface area contributed by atoms with Gasteiger partial charge in [-0.25, -0.2) is 0 Å². The van der Waals surface area contributed by atoms with Crippen LogP contribution in [0.3, 0.4) is 0 Å². The van der Waals surface area contributed by atoms with Crippen molar-refractivity contribution in [3.8, 4) is 17.2 Å². The van der Waals surface area contributed by atoms with Crippen molar-refractivity contribution in [2.75, 3.05) is 7.11 Å². The van der Waals surface area contributed by atoms with Crippen LogP contribution in [0.15, 0.2) is 66.6 Å². The third kappa shape index (κ3) is 3.94. The number of hydrogen-bond donors (Lipinski definition) is 0. The first kappa shape index (κ1) is 21.4. The third-order valence-electron chi connectivity index (χ3n) is 5.60. The van der Waals surface area contributed by atoms with Gasteiger partial charge in [-0.05, 0) is 48.5 Å². The molecule has 1 aliphatic rings. The monoisotopic (exact) mass is 479 g/mol. The highest BCUT2D eigenvalue weighted by Crippen LogP contribution is 2.37. The molecule has 0 unspecified atom stereocenters. The van der Waals surface area contributed by atoms with Crippen LogP contribution in [0.1, 0.15) is 21.5 Å². The highest BCUT2D eigenvalue weighted by atomic mass is 35.5. The minimum absolute atomic E-state index is 0.175. The van der Waals surface area contributed by atoms with Gasteiger partial charge in [-0.2, -0.15) is 0 Å². The van der Waals surface area contributed by atoms with E-state index in [0.717, 1.165) is 22.2 Å². The highest BCUT2D eigenvalue weighted by Gasteiger charge is 2.28. The van der Waals surface area contributed by atoms with Gasteiger partial charge in [0.05, 0.1) is 12.7 Å². The van der Waals surface area contributed by atoms with Crippen LogP contribution in [0, 0.1) is 0 Å². The van der Waals surface area contributed by atoms with E-state index in [1.165, 1.54) is 0 Å². The van der Waals surface area contributed by atoms with Gasteiger partial charge in [0.1, 0.15) is 23.9 Å². The van der Waals surface area contributed by atoms with Crippen LogP contribution < -0.4 is 14.2 Å². The Hall–Kier alpha value is -3.41. The molecule has 0 amide bonds. The number of aryl methyl sites for hydroxylation is 1. The van der Waals surface area contributed by atoms with Gasteiger partial charge in [-0.1, -0.05) is 29.3 Å². The molecule has 0 atom stereocenters. The lowest BCUT2D eigenvalue weighted by Crippen LogP contribution is -1.98. The molecule has 166 valence electrons. The van der Waals surface area contributed by atoms with E-state index in [4.69, 9.17) is 37.4 Å². The molecule has 0 saturated carbocycles. The lowest BCUT2D eigenvalue weighted by Gasteiger charge is -2.10. The number of nitrogens with zero attached hydrogens (tertiary/aromatic N) is 1. The molecular weight excluding hydrogens is 461 g/mol. The smallest absolute Gasteiger partial charge is 0.231 e. The Morgan fingerprint density at radius 3 is 2.55 bits per heavy atom. The zero-order valence-corrected chi connectivity index (χ0v) is 19.4. The SMILES string of the molecule is COc1ccc2c(c1)c(/C=C1\Oc3cc(OCc4c(Cl)cccc4Cl)ccc3C1=O)cn2C. The van der Waals surface area contributed by atoms with Crippen molar-refractivity contribution < 1.29 is 19.0 Å². The van der Waals surface area contributed by atoms with E-state index in [-0.39, 0.29) is 18.1 Å². The molecule has 1 aromatic heterocycles. The van der Waals surface area contributed by atoms with Crippen molar-refractivity contribution in [3.63, 3.8) is 0 Å². The van der Waals surface area contributed by atoms with Crippen molar-refractivity contribution in [3.05, 3.63) is 93.3 Å². The van der Waals surface area contributed by atoms with E-state index in [2.05, 4.69) is 0 Å². The molecule has 2 heterocycles. The Morgan fingerprint density at radius 2 is 1.79 bits per heavy atom. The minimum Gasteiger partial charge on any atom is -0.497 e. The molecule has 0 aliphatic carbocycles. The summed E-state index contributed by atoms with van der Waals surface area (Å²) in [5.74, 6) is 1.83. The van der Waals surface area contributed by atoms with Crippen molar-refractivity contribution in [1.29, 1.82) is 0 Å². The number of Topliss-reactive ketones (excluding diaryl/α,β-unsaturated/α-hetero) is 1. The lowest BCUT2D eigenvalue weighted by atomic mass is 10.1. The number of hydrogen-bond acceptors (Lipinski definition) is 4. The van der Waals surface area contributed by atoms with E-state index in [0.29, 0.717) is 32.7 Å². The number of benzene rings is 3. The number of ether oxygens (including phenoxy) is 3. The molecule has 1 aliphatic heterocycles. The fourth-order valence-corrected chi connectivity index (χ4v) is 4.37. The first-order valence-corrected chi connectivity index (χ1v) is 11.0. The first-order chi connectivity index (χ1) is 15.9. The van der Waals surface area contributed by atoms with Crippen LogP contribution in [-0.4, -0.2) is 17.5 Å². The Labute approximate surface area is 200 Å². The Kier molecular flexibility index (Phi) is 5.52. The maximum absolute atomic E-state index is 12.9. The van der Waals surface area contributed by atoms with Crippen LogP contribution in [0.5, 0.6) is 17.2 Å². The van der Waals surface area contributed by atoms with Crippen LogP contribution in [0.2, 0.25) is 10.0 Å². The topological polar surface area (TPSA) is 49.7 Å². The molecule has 0 N–H and O–H groups in total. The summed E-state index contributed by atoms with van der Waals surface area (Å²) in [6.45, 7) is 0.200. The van der Waals surface area contributed by atoms with Crippen LogP contribution in [0.4, 0.5) is 0 Å². The Bertz CT molecular complexity index is 1420. The molecular formula is C26H19Cl2NO4. The molecule has 33 heavy (non-hydrogen) atoms. The predicted octanol–water partition coefficient (Wildman–Crippen LogP) is 6.69. The Balaban J connectivity index is 1.41. The Morgan fingerprint density at radius 1 is 1.03 bits per heavy atom. The quantitative estimate of drug-likeness (QED) is 0.299. The second kappa shape index (κ2) is 8.50. The number of aromatic nitrogens is 1. The molecule has 0 fully saturated rings. The van der Waals surface area contributed by atoms with E-state index < -0.39 is 0 Å². The zero-order chi connectivity index (χ0) is 23.1. The number of fused-ring (bicyclic) bond motifs is 2. The summed E-state index contributed by atoms with van der Waals surface area (Å²) in [5, 5.41) is 2.04. The highest BCUT2D eigenvalue weighted by molar-refractivity contribution is 6.35. The fraction of sp³-hybridized carbons (Fsp3) is 0.115. The van der Waals surface area contributed by atoms with Gasteiger partial charge in [0.25, 0.3) is 0 Å². The van der Waals surface area contributed by atoms with Gasteiger partial charge in [-0.15, -0.1) is 0 Å². The van der Waals surface area contributed by atoms with E-state index in [1.54, 1.807) is 49.6 Å². The van der Waals surface area contributed by atoms with Crippen molar-refractivity contribution in [2.24, 2.45) is 7.05 Å². The van der Waals surface area contributed by atoms with Crippen molar-refractivity contribution in [2.45, 2.75) is 6.61 Å². The van der Waals surface area contributed by atoms with E-state index in [1.807, 2.05) is 36.0 Å². The summed E-state index contributed by atoms with van der Waals surface area (Å²) in [6.07, 6.45) is 3.72. The summed E-state index contributed by atoms with van der Waals surface area (Å²) >= 11 is 12.4. The molecule has 0 saturated heterocycles. The van der Waals surface area contributed by atoms with Crippen LogP contribution in [-0.2, 0) is 13.7 Å². The predicted molar refractivity (Wildman–Crippen MR) is 130 cm³/mol. The minimum atomic E-state index is -0.175. The number of ketones is 1. The number of allylic oxidation sites excluding steroid dienone is 1. The number of methoxy groups -OCH3 is 1. The van der Waals surface area contributed by atoms with Crippen molar-refractivity contribution >= 4 is 46.0 Å². The lowest BCUT2D eigenvalue weighted by molar-refractivity contribution is 0.101. The molecule has 0 bridgehead atoms. The zero-order valence-electron chi connectivity index (χ0n) is 17.9. The van der Waals surface area contributed by atoms with E-state index >= 15 is 0 Å². The molecule has 0 spiro atoms. The molecule has 3 aromatic carbocycles. The van der Waals surface area contributed by atoms with Gasteiger partial charge < -0.3 is 18.8 Å². The first-order valence-electron chi connectivity index (χ1n) is 10.2. The summed E-state index contributed by atoms with van der Waals surface area (Å²) in [7, 11) is 3.58. The van der Waals surface area contributed by atoms with Gasteiger partial charge in [-0.3, -0.25) is 4.79 Å². The molecule has 4 aromatic rings. The molecule has 5 rings (SSSR count). The number of carbonyl (C=O) groups is 1. The van der Waals surface area contributed by atoms with Gasteiger partial charge in [0.15, 0.2) is 5.76 Å². The summed E-state index contributed by atoms with van der Waals surface area (Å²) in [6, 6.07) is 16.3. The number of carbonyl (C=O) groups excluding carboxylic acids is 1. The molecule has 7 heteroatoms. The standard InChI is InChI=1S/C26H19Cl2NO4/c1-29-13-15(19-11-16(31-2)7-9-23(19)29)10-25-26(30)18-8-6-17(12-24(18)33-25)32-14-20-21(27)4-3-5-22(20)28/h3-13H,14H2,1-2H3/b25-10-. The second-order valence-corrected chi connectivity index (χ2v) is 8.48. The summed E-state index contributed by atoms with van der Waals surface area (Å²) < 4.78 is 19.1. The largest absolute Gasteiger partial charge is 0.497 e. The molecule has 5 nitrogen and oxygen atoms in total. The molecule has 0 radical (unpaired) electrons. The third-order valence-corrected chi connectivity index (χ3v) is 6.31. The van der Waals surface area contributed by atoms with Crippen LogP contribution in [0.25, 0.3) is 17.0 Å². The van der Waals surface area contributed by atoms with Crippen molar-refractivity contribution in [1.82, 2.24) is 4.57 Å². The van der Waals surface area contributed by atoms with Gasteiger partial charge in [0.2, 0.25) is 5.78 Å². The van der Waals surface area contributed by atoms with E-state index in [9.17, 15) is 4.79 Å². The summed E-state index contributed by atoms with van der Waals surface area (Å²) in [4.78, 5) is 12.9. The second-order valence-electron chi connectivity index (χ2n) is 7.67. The normalized spacial score (nSPS) is 13.9. The number of halogens is 2.